The number of hydrogen-bond donors (Lipinski definition) is 0. The summed E-state index contributed by atoms with van der Waals surface area (Å²) in [7, 11) is 1.72. The summed E-state index contributed by atoms with van der Waals surface area (Å²) in [6, 6.07) is 0. The number of likely N-dealkylation sites (tertiary alicyclic amines) is 1. The molecule has 28 aromatic rings. The molecule has 0 unspecified atom stereocenters. The van der Waals surface area contributed by atoms with Gasteiger partial charge in [0.2, 0.25) is 0 Å². The van der Waals surface area contributed by atoms with E-state index in [2.05, 4.69) is 0 Å². The highest BCUT2D eigenvalue weighted by atomic mass is 16.8. The van der Waals surface area contributed by atoms with Crippen molar-refractivity contribution in [1.29, 1.82) is 0 Å². The van der Waals surface area contributed by atoms with Crippen LogP contribution in [0.4, 0.5) is 0 Å². The molecule has 0 saturated carbocycles. The smallest absolute Gasteiger partial charge is 0.102 e. The Morgan fingerprint density at radius 3 is 0.608 bits per heavy atom. The van der Waals surface area contributed by atoms with Crippen LogP contribution in [-0.4, -0.2) is 64.4 Å². The number of ether oxygens (including phenoxy) is 3. The zero-order valence-corrected chi connectivity index (χ0v) is 38.7. The summed E-state index contributed by atoms with van der Waals surface area (Å²) in [5.41, 5.74) is 5.35. The predicted octanol–water partition coefficient (Wildman–Crippen LogP) is 16.3. The van der Waals surface area contributed by atoms with Gasteiger partial charge in [-0.2, -0.15) is 0 Å². The molecule has 0 radical (unpaired) electrons. The molecule has 5 nitrogen and oxygen atoms in total. The van der Waals surface area contributed by atoms with Crippen molar-refractivity contribution in [3.8, 4) is 0 Å². The van der Waals surface area contributed by atoms with Crippen LogP contribution in [0.5, 0.6) is 0 Å². The van der Waals surface area contributed by atoms with Crippen LogP contribution >= 0.6 is 0 Å². The molecule has 1 heterocycles. The lowest BCUT2D eigenvalue weighted by molar-refractivity contribution is -0.871. The molecule has 324 valence electrons. The molecule has 5 aliphatic rings. The molecule has 0 N–H and O–H groups in total. The van der Waals surface area contributed by atoms with Crippen molar-refractivity contribution >= 4 is 291 Å². The number of benzene rings is 18. The van der Waals surface area contributed by atoms with Crippen LogP contribution in [0.25, 0.3) is 291 Å². The zero-order valence-electron chi connectivity index (χ0n) is 38.7. The third kappa shape index (κ3) is 1.71. The standard InChI is InChI=1S/C69H19NO4/c1-72-4-5-74-7-6-73-3-2-70(71)8-68-64-56-48-38-28-20-12-10-11-14-18-16(12)24-32-26(18)36-30-22(14)23-15(11)19-17-13(10)21(20)29-35-25(17)33-27(19)37-31(23)41-40(30)50-44(36)54-46(32)52(42(48)34(24)28)60(64)62(54)66-58(50)59-51(41)45(37)55-47(33)53-43(35)49(39(29)38)57(56)65(68)61(53)63(55)67(59)69(66,68)9-70/h2-9H2,1H3/i70+1. The van der Waals surface area contributed by atoms with Crippen LogP contribution in [-0.2, 0) is 25.0 Å². The summed E-state index contributed by atoms with van der Waals surface area (Å²) in [6.45, 7) is 4.14. The number of rotatable bonds is 9. The third-order valence-electron chi connectivity index (χ3n) is 26.2. The van der Waals surface area contributed by atoms with Crippen molar-refractivity contribution in [2.45, 2.75) is 10.8 Å². The Morgan fingerprint density at radius 1 is 0.257 bits per heavy atom. The molecule has 33 rings (SSSR count). The Bertz CT molecular complexity index is 6650. The van der Waals surface area contributed by atoms with Crippen LogP contribution in [0.15, 0.2) is 0 Å². The minimum absolute atomic E-state index is 0.234. The first-order valence-electron chi connectivity index (χ1n) is 27.7. The van der Waals surface area contributed by atoms with E-state index in [0.717, 1.165) is 0 Å². The lowest BCUT2D eigenvalue weighted by atomic mass is 9.50. The molecule has 0 bridgehead atoms. The monoisotopic (exact) mass is 926 g/mol. The second-order valence-electron chi connectivity index (χ2n) is 26.9. The highest BCUT2D eigenvalue weighted by molar-refractivity contribution is 6.82. The van der Waals surface area contributed by atoms with Gasteiger partial charge in [-0.3, -0.25) is 0 Å². The van der Waals surface area contributed by atoms with Crippen LogP contribution in [0.2, 0.25) is 0 Å². The van der Waals surface area contributed by atoms with Gasteiger partial charge in [-0.05, 0) is 313 Å². The van der Waals surface area contributed by atoms with E-state index in [1.807, 2.05) is 0 Å². The quantitative estimate of drug-likeness (QED) is 0.0476. The van der Waals surface area contributed by atoms with Gasteiger partial charge < -0.3 is 24.1 Å². The fraction of sp³-hybridized carbons (Fsp3) is 0.159. The molecule has 0 aromatic heterocycles. The first-order valence-corrected chi connectivity index (χ1v) is 27.7. The maximum atomic E-state index is 17.2. The largest absolute Gasteiger partial charge is 0.633 e. The lowest BCUT2D eigenvalue weighted by Crippen LogP contribution is -2.51. The molecule has 5 heteroatoms. The van der Waals surface area contributed by atoms with Crippen molar-refractivity contribution in [1.82, 2.24) is 0 Å². The second-order valence-corrected chi connectivity index (χ2v) is 26.9. The van der Waals surface area contributed by atoms with Gasteiger partial charge >= 0.3 is 0 Å². The minimum atomic E-state index is -0.511. The molecule has 28 aromatic carbocycles. The van der Waals surface area contributed by atoms with Crippen LogP contribution < -0.4 is 0 Å². The van der Waals surface area contributed by atoms with Gasteiger partial charge in [-0.15, -0.1) is 0 Å². The molecule has 1 saturated heterocycles. The van der Waals surface area contributed by atoms with E-state index in [-0.39, 0.29) is 4.65 Å². The second kappa shape index (κ2) is 7.07. The molecule has 2 spiro atoms. The normalized spacial score (nSPS) is 24.1. The van der Waals surface area contributed by atoms with Gasteiger partial charge in [0, 0.05) is 7.11 Å². The van der Waals surface area contributed by atoms with E-state index in [1.165, 1.54) is 0 Å². The van der Waals surface area contributed by atoms with Crippen LogP contribution in [0, 0.1) is 5.21 Å². The molecule has 4 aliphatic carbocycles. The van der Waals surface area contributed by atoms with Gasteiger partial charge in [0.05, 0.1) is 57.0 Å². The van der Waals surface area contributed by atoms with Gasteiger partial charge in [-0.1, -0.05) is 0 Å². The topological polar surface area (TPSA) is 50.8 Å². The Labute approximate surface area is 405 Å². The summed E-state index contributed by atoms with van der Waals surface area (Å²) < 4.78 is 17.4. The Morgan fingerprint density at radius 2 is 0.419 bits per heavy atom. The van der Waals surface area contributed by atoms with Crippen LogP contribution in [0.1, 0.15) is 22.3 Å². The van der Waals surface area contributed by atoms with E-state index in [4.69, 9.17) is 14.2 Å². The summed E-state index contributed by atoms with van der Waals surface area (Å²) in [5.74, 6) is 0. The Balaban J connectivity index is 1.01. The summed E-state index contributed by atoms with van der Waals surface area (Å²) in [6.07, 6.45) is 0. The van der Waals surface area contributed by atoms with Crippen LogP contribution in [0.3, 0.4) is 0 Å². The summed E-state index contributed by atoms with van der Waals surface area (Å²) >= 11 is 0. The third-order valence-corrected chi connectivity index (χ3v) is 26.2. The van der Waals surface area contributed by atoms with E-state index in [0.29, 0.717) is 52.7 Å². The van der Waals surface area contributed by atoms with Crippen molar-refractivity contribution in [2.24, 2.45) is 0 Å². The van der Waals surface area contributed by atoms with Gasteiger partial charge in [0.15, 0.2) is 0 Å². The number of methoxy groups -OCH3 is 1. The number of quaternary nitrogens is 1. The highest BCUT2D eigenvalue weighted by Gasteiger charge is 2.76. The Hall–Kier alpha value is -7.74. The molecule has 1 fully saturated rings. The average molecular weight is 927 g/mol. The molecular formula is C69H19NO4. The molecule has 74 heavy (non-hydrogen) atoms. The first kappa shape index (κ1) is 29.8. The van der Waals surface area contributed by atoms with Crippen molar-refractivity contribution in [2.75, 3.05) is 59.8 Å². The fourth-order valence-corrected chi connectivity index (χ4v) is 25.9. The number of hydrogen-bond acceptors (Lipinski definition) is 4. The average Bonchev–Trinajstić information content (AvgIpc) is 3.15. The summed E-state index contributed by atoms with van der Waals surface area (Å²) in [5, 5.41) is 104. The first-order chi connectivity index (χ1) is 36.7. The van der Waals surface area contributed by atoms with E-state index in [9.17, 15) is 0 Å². The van der Waals surface area contributed by atoms with Gasteiger partial charge in [0.25, 0.3) is 0 Å². The maximum absolute atomic E-state index is 17.2. The van der Waals surface area contributed by atoms with Crippen molar-refractivity contribution in [3.63, 3.8) is 0 Å². The molecular weight excluding hydrogens is 908 g/mol. The number of hydroxylamine groups is 3. The van der Waals surface area contributed by atoms with Gasteiger partial charge in [-0.25, -0.2) is 0 Å². The minimum Gasteiger partial charge on any atom is -0.633 e. The van der Waals surface area contributed by atoms with Gasteiger partial charge in [0.1, 0.15) is 6.54 Å². The molecule has 1 aliphatic heterocycles. The molecule has 0 atom stereocenters. The van der Waals surface area contributed by atoms with E-state index >= 15 is 5.21 Å². The highest BCUT2D eigenvalue weighted by Crippen LogP contribution is 2.85. The lowest BCUT2D eigenvalue weighted by Gasteiger charge is -2.47. The molecule has 0 amide bonds. The van der Waals surface area contributed by atoms with E-state index in [1.54, 1.807) is 320 Å². The van der Waals surface area contributed by atoms with Crippen molar-refractivity contribution < 1.29 is 18.9 Å². The van der Waals surface area contributed by atoms with Crippen molar-refractivity contribution in [3.05, 3.63) is 27.5 Å². The zero-order chi connectivity index (χ0) is 44.8. The van der Waals surface area contributed by atoms with E-state index < -0.39 is 10.8 Å². The SMILES string of the molecule is COCCOCCOCC[15N+]1([O-])CC23c4c5c6c7c8c9c(c%10c%11c2c2c4c4c%12c5c5c6c6c8c8c%13c9c9c%10c%10c%11c%11c2c2c4c4c%12c%12c5c5c6c8c6c8c%13c9c9c%10c%10c%11c2c2c4c4c%12c5c6c5c8c9c%10c2c45)C73C1. The fourth-order valence-electron chi connectivity index (χ4n) is 25.9. The predicted molar refractivity (Wildman–Crippen MR) is 306 cm³/mol. The Kier molecular flexibility index (Phi) is 2.85. The number of nitrogens with zero attached hydrogens (tertiary/aromatic N) is 1. The summed E-state index contributed by atoms with van der Waals surface area (Å²) in [4.78, 5) is 0. The maximum Gasteiger partial charge on any atom is 0.102 e.